The van der Waals surface area contributed by atoms with Crippen molar-refractivity contribution in [1.29, 1.82) is 0 Å². The molecular formula is C10H13O4P. The molecule has 0 saturated carbocycles. The van der Waals surface area contributed by atoms with Crippen LogP contribution in [0.2, 0.25) is 0 Å². The van der Waals surface area contributed by atoms with Gasteiger partial charge in [0, 0.05) is 5.56 Å². The summed E-state index contributed by atoms with van der Waals surface area (Å²) < 4.78 is 10.7. The van der Waals surface area contributed by atoms with Crippen LogP contribution in [0, 0.1) is 13.8 Å². The van der Waals surface area contributed by atoms with Gasteiger partial charge in [0.05, 0.1) is 0 Å². The number of carbonyl (C=O) groups excluding carboxylic acids is 1. The van der Waals surface area contributed by atoms with Crippen LogP contribution < -0.4 is 0 Å². The van der Waals surface area contributed by atoms with Gasteiger partial charge in [-0.1, -0.05) is 23.8 Å². The number of carbonyl (C=O) groups is 1. The summed E-state index contributed by atoms with van der Waals surface area (Å²) in [6.45, 7) is 3.64. The Balaban J connectivity index is 2.97. The van der Waals surface area contributed by atoms with Gasteiger partial charge in [0.1, 0.15) is 6.16 Å². The molecule has 15 heavy (non-hydrogen) atoms. The number of hydrogen-bond donors (Lipinski definition) is 2. The van der Waals surface area contributed by atoms with E-state index in [0.717, 1.165) is 11.1 Å². The Labute approximate surface area is 88.1 Å². The molecule has 0 unspecified atom stereocenters. The van der Waals surface area contributed by atoms with E-state index in [1.165, 1.54) is 0 Å². The van der Waals surface area contributed by atoms with Crippen molar-refractivity contribution in [3.05, 3.63) is 34.9 Å². The van der Waals surface area contributed by atoms with E-state index in [-0.39, 0.29) is 0 Å². The molecule has 0 aliphatic rings. The lowest BCUT2D eigenvalue weighted by molar-refractivity contribution is 0.101. The van der Waals surface area contributed by atoms with Gasteiger partial charge >= 0.3 is 7.60 Å². The molecular weight excluding hydrogens is 215 g/mol. The third-order valence-electron chi connectivity index (χ3n) is 2.03. The van der Waals surface area contributed by atoms with Gasteiger partial charge in [-0.25, -0.2) is 0 Å². The van der Waals surface area contributed by atoms with Crippen LogP contribution >= 0.6 is 7.60 Å². The maximum absolute atomic E-state index is 11.5. The Morgan fingerprint density at radius 2 is 1.93 bits per heavy atom. The molecule has 0 saturated heterocycles. The van der Waals surface area contributed by atoms with Crippen molar-refractivity contribution in [1.82, 2.24) is 0 Å². The third kappa shape index (κ3) is 3.59. The minimum absolute atomic E-state index is 0.379. The van der Waals surface area contributed by atoms with Crippen LogP contribution in [0.1, 0.15) is 21.5 Å². The molecule has 0 aromatic heterocycles. The van der Waals surface area contributed by atoms with E-state index in [4.69, 9.17) is 9.79 Å². The first-order valence-corrected chi connectivity index (χ1v) is 6.24. The van der Waals surface area contributed by atoms with E-state index < -0.39 is 19.5 Å². The highest BCUT2D eigenvalue weighted by atomic mass is 31.2. The van der Waals surface area contributed by atoms with Crippen LogP contribution in [-0.4, -0.2) is 21.7 Å². The number of rotatable bonds is 3. The van der Waals surface area contributed by atoms with Crippen molar-refractivity contribution in [2.75, 3.05) is 6.16 Å². The first-order valence-electron chi connectivity index (χ1n) is 4.44. The third-order valence-corrected chi connectivity index (χ3v) is 2.73. The second kappa shape index (κ2) is 4.27. The summed E-state index contributed by atoms with van der Waals surface area (Å²) in [5.74, 6) is -0.513. The van der Waals surface area contributed by atoms with Crippen LogP contribution in [-0.2, 0) is 4.57 Å². The molecule has 0 fully saturated rings. The first kappa shape index (κ1) is 12.1. The van der Waals surface area contributed by atoms with Gasteiger partial charge < -0.3 is 9.79 Å². The molecule has 0 amide bonds. The highest BCUT2D eigenvalue weighted by Crippen LogP contribution is 2.35. The van der Waals surface area contributed by atoms with Crippen LogP contribution in [0.5, 0.6) is 0 Å². The monoisotopic (exact) mass is 228 g/mol. The van der Waals surface area contributed by atoms with Crippen molar-refractivity contribution in [2.24, 2.45) is 0 Å². The Kier molecular flexibility index (Phi) is 3.45. The molecule has 1 rings (SSSR count). The van der Waals surface area contributed by atoms with E-state index in [9.17, 15) is 9.36 Å². The fourth-order valence-electron chi connectivity index (χ4n) is 1.40. The zero-order valence-corrected chi connectivity index (χ0v) is 9.49. The number of hydrogen-bond acceptors (Lipinski definition) is 2. The minimum Gasteiger partial charge on any atom is -0.324 e. The van der Waals surface area contributed by atoms with Crippen molar-refractivity contribution in [3.8, 4) is 0 Å². The Morgan fingerprint density at radius 1 is 1.33 bits per heavy atom. The number of benzene rings is 1. The van der Waals surface area contributed by atoms with E-state index in [1.54, 1.807) is 19.1 Å². The first-order chi connectivity index (χ1) is 6.79. The Bertz CT molecular complexity index is 433. The van der Waals surface area contributed by atoms with Crippen LogP contribution in [0.3, 0.4) is 0 Å². The fraction of sp³-hybridized carbons (Fsp3) is 0.300. The largest absolute Gasteiger partial charge is 0.333 e. The molecule has 4 nitrogen and oxygen atoms in total. The predicted octanol–water partition coefficient (Wildman–Crippen LogP) is 1.66. The van der Waals surface area contributed by atoms with Crippen molar-refractivity contribution in [3.63, 3.8) is 0 Å². The standard InChI is InChI=1S/C10H13O4P/c1-7-3-4-9(8(2)5-7)10(11)6-15(12,13)14/h3-5H,6H2,1-2H3,(H2,12,13,14). The molecule has 0 aliphatic carbocycles. The Morgan fingerprint density at radius 3 is 2.40 bits per heavy atom. The average Bonchev–Trinajstić information content (AvgIpc) is 1.99. The summed E-state index contributed by atoms with van der Waals surface area (Å²) in [6.07, 6.45) is -0.725. The highest BCUT2D eigenvalue weighted by molar-refractivity contribution is 7.52. The molecule has 82 valence electrons. The van der Waals surface area contributed by atoms with Gasteiger partial charge in [0.2, 0.25) is 0 Å². The molecule has 0 atom stereocenters. The number of ketones is 1. The lowest BCUT2D eigenvalue weighted by Crippen LogP contribution is -2.07. The zero-order valence-electron chi connectivity index (χ0n) is 8.60. The smallest absolute Gasteiger partial charge is 0.324 e. The van der Waals surface area contributed by atoms with E-state index >= 15 is 0 Å². The number of aryl methyl sites for hydroxylation is 2. The summed E-state index contributed by atoms with van der Waals surface area (Å²) >= 11 is 0. The van der Waals surface area contributed by atoms with Crippen molar-refractivity contribution in [2.45, 2.75) is 13.8 Å². The van der Waals surface area contributed by atoms with E-state index in [0.29, 0.717) is 5.56 Å². The SMILES string of the molecule is Cc1ccc(C(=O)CP(=O)(O)O)c(C)c1. The normalized spacial score (nSPS) is 11.5. The summed E-state index contributed by atoms with van der Waals surface area (Å²) in [6, 6.07) is 5.16. The molecule has 2 N–H and O–H groups in total. The second-order valence-electron chi connectivity index (χ2n) is 3.56. The van der Waals surface area contributed by atoms with Crippen LogP contribution in [0.4, 0.5) is 0 Å². The van der Waals surface area contributed by atoms with Gasteiger partial charge in [0.25, 0.3) is 0 Å². The zero-order chi connectivity index (χ0) is 11.6. The van der Waals surface area contributed by atoms with Gasteiger partial charge in [-0.2, -0.15) is 0 Å². The molecule has 0 radical (unpaired) electrons. The van der Waals surface area contributed by atoms with Crippen LogP contribution in [0.15, 0.2) is 18.2 Å². The molecule has 0 bridgehead atoms. The second-order valence-corrected chi connectivity index (χ2v) is 5.21. The number of Topliss-reactive ketones (excluding diaryl/α,β-unsaturated/α-hetero) is 1. The summed E-state index contributed by atoms with van der Waals surface area (Å²) in [7, 11) is -4.27. The average molecular weight is 228 g/mol. The molecule has 0 aliphatic heterocycles. The minimum atomic E-state index is -4.27. The quantitative estimate of drug-likeness (QED) is 0.609. The van der Waals surface area contributed by atoms with Gasteiger partial charge in [-0.3, -0.25) is 9.36 Å². The summed E-state index contributed by atoms with van der Waals surface area (Å²) in [5.41, 5.74) is 2.14. The van der Waals surface area contributed by atoms with E-state index in [1.807, 2.05) is 13.0 Å². The van der Waals surface area contributed by atoms with Gasteiger partial charge in [-0.15, -0.1) is 0 Å². The lowest BCUT2D eigenvalue weighted by Gasteiger charge is -2.06. The van der Waals surface area contributed by atoms with Gasteiger partial charge in [0.15, 0.2) is 5.78 Å². The van der Waals surface area contributed by atoms with Crippen LogP contribution in [0.25, 0.3) is 0 Å². The van der Waals surface area contributed by atoms with Crippen molar-refractivity contribution < 1.29 is 19.1 Å². The highest BCUT2D eigenvalue weighted by Gasteiger charge is 2.21. The summed E-state index contributed by atoms with van der Waals surface area (Å²) in [4.78, 5) is 28.9. The van der Waals surface area contributed by atoms with Crippen molar-refractivity contribution >= 4 is 13.4 Å². The van der Waals surface area contributed by atoms with Gasteiger partial charge in [-0.05, 0) is 19.4 Å². The Hall–Kier alpha value is -0.960. The fourth-order valence-corrected chi connectivity index (χ4v) is 1.94. The predicted molar refractivity (Wildman–Crippen MR) is 57.2 cm³/mol. The topological polar surface area (TPSA) is 74.6 Å². The molecule has 0 spiro atoms. The maximum Gasteiger partial charge on any atom is 0.333 e. The maximum atomic E-state index is 11.5. The molecule has 5 heteroatoms. The van der Waals surface area contributed by atoms with E-state index in [2.05, 4.69) is 0 Å². The molecule has 1 aromatic rings. The lowest BCUT2D eigenvalue weighted by atomic mass is 10.0. The molecule has 0 heterocycles. The summed E-state index contributed by atoms with van der Waals surface area (Å²) in [5, 5.41) is 0. The molecule has 1 aromatic carbocycles.